The van der Waals surface area contributed by atoms with Crippen molar-refractivity contribution in [1.29, 1.82) is 5.26 Å². The van der Waals surface area contributed by atoms with E-state index in [1.165, 1.54) is 43.6 Å². The monoisotopic (exact) mass is 1040 g/mol. The van der Waals surface area contributed by atoms with Crippen molar-refractivity contribution in [2.24, 2.45) is 0 Å². The number of phenols is 4. The van der Waals surface area contributed by atoms with Crippen molar-refractivity contribution in [1.82, 2.24) is 52.1 Å². The largest absolute Gasteiger partial charge is 0.504 e. The minimum Gasteiger partial charge on any atom is -0.504 e. The fraction of sp³-hybridized carbons (Fsp3) is 0.0769. The maximum atomic E-state index is 10.8. The summed E-state index contributed by atoms with van der Waals surface area (Å²) in [6.45, 7) is 8.79. The number of nitrogens with zero attached hydrogens (tertiary/aromatic N) is 15. The van der Waals surface area contributed by atoms with Crippen molar-refractivity contribution in [3.63, 3.8) is 0 Å². The van der Waals surface area contributed by atoms with Gasteiger partial charge in [-0.05, 0) is 55.0 Å². The van der Waals surface area contributed by atoms with Gasteiger partial charge in [-0.15, -0.1) is 23.9 Å². The fourth-order valence-corrected chi connectivity index (χ4v) is 4.91. The second-order valence-corrected chi connectivity index (χ2v) is 13.4. The number of hydrogen-bond acceptors (Lipinski definition) is 21. The van der Waals surface area contributed by atoms with Gasteiger partial charge >= 0.3 is 28.4 Å². The molecule has 360 valence electrons. The van der Waals surface area contributed by atoms with Gasteiger partial charge in [0, 0.05) is 83.5 Å². The van der Waals surface area contributed by atoms with Crippen LogP contribution in [0.1, 0.15) is 38.7 Å². The number of aldehydes is 1. The van der Waals surface area contributed by atoms with E-state index >= 15 is 0 Å². The smallest absolute Gasteiger partial charge is 0.366 e. The van der Waals surface area contributed by atoms with Gasteiger partial charge in [-0.25, -0.2) is 60.8 Å². The van der Waals surface area contributed by atoms with Crippen LogP contribution in [0.25, 0.3) is 16.5 Å². The topological polar surface area (TPSA) is 382 Å². The molecule has 0 atom stereocenters. The molecule has 70 heavy (non-hydrogen) atoms. The highest BCUT2D eigenvalue weighted by atomic mass is 35.5. The van der Waals surface area contributed by atoms with E-state index in [1.807, 2.05) is 19.1 Å². The first kappa shape index (κ1) is 56.8. The summed E-state index contributed by atoms with van der Waals surface area (Å²) in [5.41, 5.74) is -1.59. The molecule has 5 aromatic heterocycles. The summed E-state index contributed by atoms with van der Waals surface area (Å²) in [7, 11) is 0. The zero-order valence-corrected chi connectivity index (χ0v) is 38.1. The maximum Gasteiger partial charge on any atom is 0.366 e. The number of hydrogen-bond donors (Lipinski definition) is 4. The molecule has 0 amide bonds. The van der Waals surface area contributed by atoms with Crippen molar-refractivity contribution in [2.75, 3.05) is 0 Å². The van der Waals surface area contributed by atoms with Crippen molar-refractivity contribution in [2.45, 2.75) is 19.3 Å². The minimum atomic E-state index is -1.16. The van der Waals surface area contributed by atoms with Crippen LogP contribution in [0, 0.1) is 45.1 Å². The molecule has 0 unspecified atom stereocenters. The molecule has 27 nitrogen and oxygen atoms in total. The number of phenolic OH excluding ortho intramolecular Hbond substituents is 4. The summed E-state index contributed by atoms with van der Waals surface area (Å²) in [5, 5.41) is 67.0. The number of halogens is 4. The lowest BCUT2D eigenvalue weighted by Crippen LogP contribution is -2.47. The molecule has 2 aromatic carbocycles. The number of carbonyl (C=O) groups is 1. The van der Waals surface area contributed by atoms with Crippen molar-refractivity contribution < 1.29 is 35.1 Å². The quantitative estimate of drug-likeness (QED) is 0.0318. The number of aromatic nitrogens is 11. The number of rotatable bonds is 7. The van der Waals surface area contributed by atoms with Crippen LogP contribution >= 0.6 is 46.9 Å². The normalized spacial score (nSPS) is 9.79. The molecular formula is C39H29Cl4N15O12. The molecule has 0 fully saturated rings. The molecule has 7 rings (SSSR count). The molecule has 0 aliphatic rings. The number of aryl methyl sites for hydroxylation is 1. The lowest BCUT2D eigenvalue weighted by Gasteiger charge is -2.02. The third kappa shape index (κ3) is 18.2. The number of nitro groups is 2. The van der Waals surface area contributed by atoms with E-state index in [1.54, 1.807) is 30.7 Å². The highest BCUT2D eigenvalue weighted by molar-refractivity contribution is 6.19. The third-order valence-electron chi connectivity index (χ3n) is 7.40. The van der Waals surface area contributed by atoms with Gasteiger partial charge in [0.15, 0.2) is 11.5 Å². The Kier molecular flexibility index (Phi) is 23.9. The molecule has 4 N–H and O–H groups in total. The molecule has 0 bridgehead atoms. The number of carbonyl (C=O) groups excluding carboxylic acids is 1. The first-order chi connectivity index (χ1) is 33.3. The van der Waals surface area contributed by atoms with E-state index in [0.29, 0.717) is 24.4 Å². The Bertz CT molecular complexity index is 3080. The second-order valence-electron chi connectivity index (χ2n) is 12.1. The van der Waals surface area contributed by atoms with Crippen LogP contribution in [-0.2, 0) is 12.4 Å². The van der Waals surface area contributed by atoms with E-state index in [4.69, 9.17) is 69.0 Å². The van der Waals surface area contributed by atoms with Gasteiger partial charge in [-0.1, -0.05) is 0 Å². The van der Waals surface area contributed by atoms with Crippen LogP contribution in [0.3, 0.4) is 0 Å². The molecule has 0 aliphatic carbocycles. The summed E-state index contributed by atoms with van der Waals surface area (Å²) in [4.78, 5) is 95.3. The lowest BCUT2D eigenvalue weighted by molar-refractivity contribution is -0.386. The zero-order chi connectivity index (χ0) is 52.3. The van der Waals surface area contributed by atoms with E-state index in [0.717, 1.165) is 41.3 Å². The SMILES string of the molecule is Cc1ccncn1.ClCc1ccncn1.N#C/C(=C\c1cc(O)c(O)c([N+](=O)[O-])c1)c1ccncn1.O=Cc1cc(O)c(O)c([N+](=O)[O-])c1.O=c1n(Cl)c(=O)n(Cl)c(=O)n1Cl.[C-]#[N+]Cc1ccncn1. The van der Waals surface area contributed by atoms with Gasteiger partial charge in [0.2, 0.25) is 11.5 Å². The van der Waals surface area contributed by atoms with E-state index in [-0.39, 0.29) is 29.0 Å². The Morgan fingerprint density at radius 3 is 1.47 bits per heavy atom. The van der Waals surface area contributed by atoms with Gasteiger partial charge in [0.1, 0.15) is 43.4 Å². The van der Waals surface area contributed by atoms with E-state index in [2.05, 4.69) is 44.7 Å². The Balaban J connectivity index is 0.000000301. The molecule has 7 aromatic rings. The first-order valence-electron chi connectivity index (χ1n) is 18.2. The van der Waals surface area contributed by atoms with Gasteiger partial charge in [0.05, 0.1) is 32.7 Å². The van der Waals surface area contributed by atoms with E-state index < -0.39 is 61.3 Å². The number of nitriles is 1. The average molecular weight is 1040 g/mol. The number of nitro benzene ring substituents is 2. The molecule has 0 radical (unpaired) electrons. The molecule has 0 saturated heterocycles. The second kappa shape index (κ2) is 29.4. The molecule has 5 heterocycles. The van der Waals surface area contributed by atoms with Gasteiger partial charge < -0.3 is 25.3 Å². The van der Waals surface area contributed by atoms with Crippen LogP contribution in [-0.4, -0.2) is 88.7 Å². The number of aromatic hydroxyl groups is 4. The van der Waals surface area contributed by atoms with Crippen LogP contribution in [0.2, 0.25) is 0 Å². The summed E-state index contributed by atoms with van der Waals surface area (Å²) in [5.74, 6) is -2.53. The predicted molar refractivity (Wildman–Crippen MR) is 247 cm³/mol. The first-order valence-corrected chi connectivity index (χ1v) is 19.7. The molecule has 0 saturated carbocycles. The fourth-order valence-electron chi connectivity index (χ4n) is 4.18. The number of alkyl halides is 1. The zero-order valence-electron chi connectivity index (χ0n) is 35.1. The molecule has 31 heteroatoms. The molecule has 0 aliphatic heterocycles. The van der Waals surface area contributed by atoms with Crippen LogP contribution in [0.5, 0.6) is 23.0 Å². The summed E-state index contributed by atoms with van der Waals surface area (Å²) in [6, 6.07) is 12.8. The highest BCUT2D eigenvalue weighted by Gasteiger charge is 2.20. The maximum absolute atomic E-state index is 10.8. The standard InChI is InChI=1S/C13H8N4O4.C7H5NO5.C6H5N3.C5H5ClN2.C5H6N2.C3Cl3N3O3/c14-6-9(10-1-2-15-7-16-10)3-8-4-11(17(20)21)13(19)12(18)5-8;9-3-4-1-5(8(12)13)7(11)6(10)2-4;1-7-4-6-2-3-8-5-9-6;6-3-5-1-2-7-4-8-5;1-5-2-3-6-4-7-5;4-7-1(10)8(5)3(12)9(6)2(7)11/h1-5,7,18-19H;1-3,10-11H;2-3,5H,4H2;1-2,4H,3H2;2-4H,1H3;/b9-3+;;;;;. The number of benzene rings is 2. The molecule has 0 spiro atoms. The minimum absolute atomic E-state index is 0.0676. The van der Waals surface area contributed by atoms with Crippen LogP contribution in [0.4, 0.5) is 11.4 Å². The van der Waals surface area contributed by atoms with Gasteiger partial charge in [-0.3, -0.25) is 25.0 Å². The van der Waals surface area contributed by atoms with Crippen molar-refractivity contribution >= 4 is 76.2 Å². The van der Waals surface area contributed by atoms with Crippen molar-refractivity contribution in [3.8, 4) is 29.1 Å². The van der Waals surface area contributed by atoms with Gasteiger partial charge in [0.25, 0.3) is 6.54 Å². The number of allylic oxidation sites excluding steroid dienone is 1. The van der Waals surface area contributed by atoms with Crippen LogP contribution in [0.15, 0.2) is 113 Å². The molecular weight excluding hydrogens is 1010 g/mol. The third-order valence-corrected chi connectivity index (χ3v) is 8.55. The van der Waals surface area contributed by atoms with E-state index in [9.17, 15) is 49.6 Å². The van der Waals surface area contributed by atoms with Crippen molar-refractivity contribution in [3.05, 3.63) is 196 Å². The Labute approximate surface area is 411 Å². The Morgan fingerprint density at radius 1 is 0.714 bits per heavy atom. The summed E-state index contributed by atoms with van der Waals surface area (Å²) in [6.07, 6.45) is 13.9. The summed E-state index contributed by atoms with van der Waals surface area (Å²) >= 11 is 20.7. The predicted octanol–water partition coefficient (Wildman–Crippen LogP) is 4.75. The Hall–Kier alpha value is -9.28. The van der Waals surface area contributed by atoms with Gasteiger partial charge in [-0.2, -0.15) is 5.26 Å². The Morgan fingerprint density at radius 2 is 1.14 bits per heavy atom. The average Bonchev–Trinajstić information content (AvgIpc) is 3.37. The summed E-state index contributed by atoms with van der Waals surface area (Å²) < 4.78 is 0.254. The lowest BCUT2D eigenvalue weighted by atomic mass is 10.1. The van der Waals surface area contributed by atoms with Crippen LogP contribution < -0.4 is 17.1 Å². The highest BCUT2D eigenvalue weighted by Crippen LogP contribution is 2.37.